The van der Waals surface area contributed by atoms with E-state index in [1.807, 2.05) is 0 Å². The van der Waals surface area contributed by atoms with Crippen molar-refractivity contribution in [2.24, 2.45) is 0 Å². The second-order valence-corrected chi connectivity index (χ2v) is 5.31. The number of hydrogen-bond donors (Lipinski definition) is 2. The zero-order chi connectivity index (χ0) is 19.6. The second-order valence-electron chi connectivity index (χ2n) is 5.31. The summed E-state index contributed by atoms with van der Waals surface area (Å²) in [7, 11) is 1.31. The monoisotopic (exact) mass is 379 g/mol. The van der Waals surface area contributed by atoms with Gasteiger partial charge in [-0.3, -0.25) is 0 Å². The number of hydrogen-bond acceptors (Lipinski definition) is 6. The molecule has 0 aliphatic carbocycles. The Morgan fingerprint density at radius 3 is 2.48 bits per heavy atom. The SMILES string of the molecule is COc1cc(Nc2ncc(-c3ccc(C(F)(F)F)cc3)o2)cnc1C(=O)O. The number of halogens is 3. The van der Waals surface area contributed by atoms with Gasteiger partial charge in [-0.2, -0.15) is 13.2 Å². The van der Waals surface area contributed by atoms with Crippen molar-refractivity contribution in [1.82, 2.24) is 9.97 Å². The van der Waals surface area contributed by atoms with Crippen molar-refractivity contribution < 1.29 is 32.2 Å². The van der Waals surface area contributed by atoms with E-state index in [0.29, 0.717) is 11.3 Å². The number of nitrogens with zero attached hydrogens (tertiary/aromatic N) is 2. The number of benzene rings is 1. The Labute approximate surface area is 150 Å². The number of aromatic nitrogens is 2. The highest BCUT2D eigenvalue weighted by Crippen LogP contribution is 2.32. The van der Waals surface area contributed by atoms with Gasteiger partial charge in [0.1, 0.15) is 0 Å². The van der Waals surface area contributed by atoms with Gasteiger partial charge in [-0.05, 0) is 12.1 Å². The summed E-state index contributed by atoms with van der Waals surface area (Å²) < 4.78 is 48.3. The van der Waals surface area contributed by atoms with Gasteiger partial charge in [-0.25, -0.2) is 14.8 Å². The van der Waals surface area contributed by atoms with Crippen LogP contribution in [0.2, 0.25) is 0 Å². The van der Waals surface area contributed by atoms with Crippen LogP contribution in [0.25, 0.3) is 11.3 Å². The normalized spacial score (nSPS) is 11.3. The van der Waals surface area contributed by atoms with E-state index < -0.39 is 17.7 Å². The minimum absolute atomic E-state index is 0.0435. The number of carboxylic acid groups (broad SMARTS) is 1. The predicted molar refractivity (Wildman–Crippen MR) is 88.0 cm³/mol. The standard InChI is InChI=1S/C17H12F3N3O4/c1-26-12-6-11(7-21-14(12)15(24)25)23-16-22-8-13(27-16)9-2-4-10(5-3-9)17(18,19)20/h2-8H,1H3,(H,22,23)(H,24,25). The Morgan fingerprint density at radius 1 is 1.19 bits per heavy atom. The summed E-state index contributed by atoms with van der Waals surface area (Å²) in [5.41, 5.74) is -0.236. The van der Waals surface area contributed by atoms with Crippen molar-refractivity contribution in [2.75, 3.05) is 12.4 Å². The fourth-order valence-corrected chi connectivity index (χ4v) is 2.24. The molecule has 10 heteroatoms. The highest BCUT2D eigenvalue weighted by Gasteiger charge is 2.30. The third-order valence-corrected chi connectivity index (χ3v) is 3.53. The maximum absolute atomic E-state index is 12.6. The third-order valence-electron chi connectivity index (χ3n) is 3.53. The van der Waals surface area contributed by atoms with E-state index in [1.165, 1.54) is 37.7 Å². The number of carboxylic acids is 1. The zero-order valence-corrected chi connectivity index (χ0v) is 13.7. The summed E-state index contributed by atoms with van der Waals surface area (Å²) >= 11 is 0. The lowest BCUT2D eigenvalue weighted by Crippen LogP contribution is -2.04. The summed E-state index contributed by atoms with van der Waals surface area (Å²) in [4.78, 5) is 18.8. The Kier molecular flexibility index (Phi) is 4.72. The van der Waals surface area contributed by atoms with Gasteiger partial charge in [0.2, 0.25) is 0 Å². The van der Waals surface area contributed by atoms with Crippen molar-refractivity contribution in [3.8, 4) is 17.1 Å². The summed E-state index contributed by atoms with van der Waals surface area (Å²) in [6.07, 6.45) is -1.81. The van der Waals surface area contributed by atoms with Crippen LogP contribution in [0.4, 0.5) is 24.9 Å². The molecule has 0 bridgehead atoms. The number of pyridine rings is 1. The van der Waals surface area contributed by atoms with E-state index in [9.17, 15) is 18.0 Å². The molecule has 0 unspecified atom stereocenters. The molecule has 0 spiro atoms. The number of ether oxygens (including phenoxy) is 1. The van der Waals surface area contributed by atoms with E-state index in [0.717, 1.165) is 12.1 Å². The minimum atomic E-state index is -4.42. The van der Waals surface area contributed by atoms with Gasteiger partial charge in [-0.15, -0.1) is 0 Å². The molecule has 0 saturated heterocycles. The molecular formula is C17H12F3N3O4. The molecular weight excluding hydrogens is 367 g/mol. The highest BCUT2D eigenvalue weighted by molar-refractivity contribution is 5.89. The van der Waals surface area contributed by atoms with Crippen LogP contribution in [0.1, 0.15) is 16.1 Å². The molecule has 27 heavy (non-hydrogen) atoms. The first-order valence-corrected chi connectivity index (χ1v) is 7.45. The van der Waals surface area contributed by atoms with Crippen molar-refractivity contribution >= 4 is 17.7 Å². The van der Waals surface area contributed by atoms with Crippen LogP contribution in [0, 0.1) is 0 Å². The zero-order valence-electron chi connectivity index (χ0n) is 13.7. The van der Waals surface area contributed by atoms with Gasteiger partial charge < -0.3 is 19.6 Å². The van der Waals surface area contributed by atoms with E-state index in [1.54, 1.807) is 0 Å². The third kappa shape index (κ3) is 4.00. The van der Waals surface area contributed by atoms with Crippen LogP contribution in [-0.2, 0) is 6.18 Å². The van der Waals surface area contributed by atoms with Gasteiger partial charge >= 0.3 is 12.1 Å². The van der Waals surface area contributed by atoms with Crippen molar-refractivity contribution in [3.63, 3.8) is 0 Å². The smallest absolute Gasteiger partial charge is 0.416 e. The molecule has 0 atom stereocenters. The number of oxazole rings is 1. The first kappa shape index (κ1) is 18.2. The number of alkyl halides is 3. The lowest BCUT2D eigenvalue weighted by Gasteiger charge is -2.07. The molecule has 2 aromatic heterocycles. The molecule has 3 aromatic rings. The molecule has 7 nitrogen and oxygen atoms in total. The number of nitrogens with one attached hydrogen (secondary N) is 1. The molecule has 1 aromatic carbocycles. The summed E-state index contributed by atoms with van der Waals surface area (Å²) in [5.74, 6) is -0.936. The average molecular weight is 379 g/mol. The van der Waals surface area contributed by atoms with Crippen LogP contribution < -0.4 is 10.1 Å². The van der Waals surface area contributed by atoms with E-state index in [2.05, 4.69) is 15.3 Å². The molecule has 2 N–H and O–H groups in total. The van der Waals surface area contributed by atoms with E-state index in [4.69, 9.17) is 14.3 Å². The first-order valence-electron chi connectivity index (χ1n) is 7.45. The number of rotatable bonds is 5. The largest absolute Gasteiger partial charge is 0.494 e. The fourth-order valence-electron chi connectivity index (χ4n) is 2.24. The molecule has 0 saturated carbocycles. The fraction of sp³-hybridized carbons (Fsp3) is 0.118. The Hall–Kier alpha value is -3.56. The Balaban J connectivity index is 1.79. The number of anilines is 2. The van der Waals surface area contributed by atoms with Crippen LogP contribution in [0.15, 0.2) is 47.1 Å². The summed E-state index contributed by atoms with van der Waals surface area (Å²) in [5, 5.41) is 11.8. The van der Waals surface area contributed by atoms with Crippen LogP contribution in [0.5, 0.6) is 5.75 Å². The van der Waals surface area contributed by atoms with Crippen molar-refractivity contribution in [1.29, 1.82) is 0 Å². The molecule has 0 radical (unpaired) electrons. The molecule has 140 valence electrons. The topological polar surface area (TPSA) is 97.5 Å². The second kappa shape index (κ2) is 6.98. The molecule has 0 fully saturated rings. The lowest BCUT2D eigenvalue weighted by atomic mass is 10.1. The highest BCUT2D eigenvalue weighted by atomic mass is 19.4. The van der Waals surface area contributed by atoms with Crippen molar-refractivity contribution in [2.45, 2.75) is 6.18 Å². The van der Waals surface area contributed by atoms with Gasteiger partial charge in [-0.1, -0.05) is 12.1 Å². The number of aromatic carboxylic acids is 1. The van der Waals surface area contributed by atoms with E-state index in [-0.39, 0.29) is 23.2 Å². The minimum Gasteiger partial charge on any atom is -0.494 e. The van der Waals surface area contributed by atoms with Gasteiger partial charge in [0.25, 0.3) is 6.01 Å². The van der Waals surface area contributed by atoms with Gasteiger partial charge in [0, 0.05) is 11.6 Å². The van der Waals surface area contributed by atoms with Crippen LogP contribution in [0.3, 0.4) is 0 Å². The number of carbonyl (C=O) groups is 1. The maximum Gasteiger partial charge on any atom is 0.416 e. The van der Waals surface area contributed by atoms with Crippen molar-refractivity contribution in [3.05, 3.63) is 54.0 Å². The summed E-state index contributed by atoms with van der Waals surface area (Å²) in [6.45, 7) is 0. The molecule has 0 aliphatic heterocycles. The van der Waals surface area contributed by atoms with E-state index >= 15 is 0 Å². The number of methoxy groups -OCH3 is 1. The lowest BCUT2D eigenvalue weighted by molar-refractivity contribution is -0.137. The Morgan fingerprint density at radius 2 is 1.89 bits per heavy atom. The molecule has 0 aliphatic rings. The summed E-state index contributed by atoms with van der Waals surface area (Å²) in [6, 6.07) is 5.91. The first-order chi connectivity index (χ1) is 12.8. The predicted octanol–water partition coefficient (Wildman–Crippen LogP) is 4.21. The quantitative estimate of drug-likeness (QED) is 0.685. The average Bonchev–Trinajstić information content (AvgIpc) is 3.09. The van der Waals surface area contributed by atoms with Crippen LogP contribution in [-0.4, -0.2) is 28.2 Å². The Bertz CT molecular complexity index is 968. The molecule has 0 amide bonds. The van der Waals surface area contributed by atoms with Gasteiger partial charge in [0.15, 0.2) is 17.2 Å². The molecule has 3 rings (SSSR count). The van der Waals surface area contributed by atoms with Crippen LogP contribution >= 0.6 is 0 Å². The molecule has 2 heterocycles. The van der Waals surface area contributed by atoms with Gasteiger partial charge in [0.05, 0.1) is 30.8 Å². The maximum atomic E-state index is 12.6.